The van der Waals surface area contributed by atoms with Crippen LogP contribution in [0.3, 0.4) is 0 Å². The summed E-state index contributed by atoms with van der Waals surface area (Å²) in [4.78, 5) is 31.9. The molecule has 0 saturated carbocycles. The summed E-state index contributed by atoms with van der Waals surface area (Å²) in [5.41, 5.74) is -0.360. The summed E-state index contributed by atoms with van der Waals surface area (Å²) in [6.45, 7) is 4.61. The number of imidazole rings is 1. The number of H-pyrrole nitrogens is 1. The highest BCUT2D eigenvalue weighted by atomic mass is 16.4. The Morgan fingerprint density at radius 1 is 1.53 bits per heavy atom. The number of hydrogen-bond donors (Lipinski definition) is 2. The minimum absolute atomic E-state index is 0.0226. The SMILES string of the molecule is CC(C)(C(=O)O)C1CCCN(C(=O)c2cnc[nH]2)C1. The van der Waals surface area contributed by atoms with E-state index in [0.29, 0.717) is 18.8 Å². The molecule has 2 N–H and O–H groups in total. The van der Waals surface area contributed by atoms with Crippen LogP contribution in [0, 0.1) is 11.3 Å². The number of hydrogen-bond acceptors (Lipinski definition) is 3. The lowest BCUT2D eigenvalue weighted by atomic mass is 9.74. The molecule has 6 heteroatoms. The van der Waals surface area contributed by atoms with Crippen LogP contribution in [0.1, 0.15) is 37.2 Å². The third-order valence-electron chi connectivity index (χ3n) is 4.01. The lowest BCUT2D eigenvalue weighted by Crippen LogP contribution is -2.46. The van der Waals surface area contributed by atoms with Crippen LogP contribution in [0.4, 0.5) is 0 Å². The van der Waals surface area contributed by atoms with Crippen molar-refractivity contribution >= 4 is 11.9 Å². The number of rotatable bonds is 3. The monoisotopic (exact) mass is 265 g/mol. The van der Waals surface area contributed by atoms with Crippen molar-refractivity contribution in [2.45, 2.75) is 26.7 Å². The zero-order chi connectivity index (χ0) is 14.0. The van der Waals surface area contributed by atoms with Crippen molar-refractivity contribution in [3.63, 3.8) is 0 Å². The molecule has 19 heavy (non-hydrogen) atoms. The number of aliphatic carboxylic acids is 1. The fraction of sp³-hybridized carbons (Fsp3) is 0.615. The van der Waals surface area contributed by atoms with E-state index in [4.69, 9.17) is 0 Å². The zero-order valence-corrected chi connectivity index (χ0v) is 11.2. The summed E-state index contributed by atoms with van der Waals surface area (Å²) in [5, 5.41) is 9.28. The summed E-state index contributed by atoms with van der Waals surface area (Å²) >= 11 is 0. The number of likely N-dealkylation sites (tertiary alicyclic amines) is 1. The maximum atomic E-state index is 12.2. The Morgan fingerprint density at radius 3 is 2.84 bits per heavy atom. The fourth-order valence-corrected chi connectivity index (χ4v) is 2.47. The predicted molar refractivity (Wildman–Crippen MR) is 68.6 cm³/mol. The third-order valence-corrected chi connectivity index (χ3v) is 4.01. The molecule has 0 aromatic carbocycles. The number of carbonyl (C=O) groups is 2. The first kappa shape index (κ1) is 13.6. The largest absolute Gasteiger partial charge is 0.481 e. The minimum atomic E-state index is -0.813. The third kappa shape index (κ3) is 2.62. The first-order valence-electron chi connectivity index (χ1n) is 6.44. The van der Waals surface area contributed by atoms with Crippen LogP contribution in [0.2, 0.25) is 0 Å². The highest BCUT2D eigenvalue weighted by molar-refractivity contribution is 5.92. The number of aromatic amines is 1. The van der Waals surface area contributed by atoms with E-state index in [2.05, 4.69) is 9.97 Å². The van der Waals surface area contributed by atoms with Gasteiger partial charge in [0.1, 0.15) is 5.69 Å². The Morgan fingerprint density at radius 2 is 2.26 bits per heavy atom. The van der Waals surface area contributed by atoms with Crippen LogP contribution in [0.5, 0.6) is 0 Å². The van der Waals surface area contributed by atoms with Crippen molar-refractivity contribution in [1.82, 2.24) is 14.9 Å². The van der Waals surface area contributed by atoms with Gasteiger partial charge in [0.05, 0.1) is 17.9 Å². The molecule has 1 aliphatic rings. The standard InChI is InChI=1S/C13H19N3O3/c1-13(2,12(18)19)9-4-3-5-16(7-9)11(17)10-6-14-8-15-10/h6,8-9H,3-5,7H2,1-2H3,(H,14,15)(H,18,19). The van der Waals surface area contributed by atoms with Crippen LogP contribution < -0.4 is 0 Å². The van der Waals surface area contributed by atoms with Crippen LogP contribution in [0.25, 0.3) is 0 Å². The van der Waals surface area contributed by atoms with Crippen molar-refractivity contribution in [3.8, 4) is 0 Å². The summed E-state index contributed by atoms with van der Waals surface area (Å²) in [7, 11) is 0. The summed E-state index contributed by atoms with van der Waals surface area (Å²) in [5.74, 6) is -0.942. The Hall–Kier alpha value is -1.85. The van der Waals surface area contributed by atoms with Crippen LogP contribution in [-0.4, -0.2) is 44.9 Å². The van der Waals surface area contributed by atoms with Gasteiger partial charge in [-0.15, -0.1) is 0 Å². The molecule has 1 aliphatic heterocycles. The predicted octanol–water partition coefficient (Wildman–Crippen LogP) is 1.37. The molecule has 104 valence electrons. The summed E-state index contributed by atoms with van der Waals surface area (Å²) < 4.78 is 0. The van der Waals surface area contributed by atoms with Gasteiger partial charge in [0.25, 0.3) is 5.91 Å². The van der Waals surface area contributed by atoms with E-state index in [1.807, 2.05) is 0 Å². The van der Waals surface area contributed by atoms with Crippen LogP contribution >= 0.6 is 0 Å². The molecule has 1 unspecified atom stereocenters. The van der Waals surface area contributed by atoms with Gasteiger partial charge in [-0.2, -0.15) is 0 Å². The van der Waals surface area contributed by atoms with Gasteiger partial charge >= 0.3 is 5.97 Å². The second-order valence-corrected chi connectivity index (χ2v) is 5.58. The van der Waals surface area contributed by atoms with E-state index < -0.39 is 11.4 Å². The van der Waals surface area contributed by atoms with Gasteiger partial charge in [0, 0.05) is 13.1 Å². The number of aromatic nitrogens is 2. The number of nitrogens with one attached hydrogen (secondary N) is 1. The van der Waals surface area contributed by atoms with E-state index in [-0.39, 0.29) is 11.8 Å². The van der Waals surface area contributed by atoms with E-state index >= 15 is 0 Å². The van der Waals surface area contributed by atoms with Crippen molar-refractivity contribution in [1.29, 1.82) is 0 Å². The molecule has 1 aromatic heterocycles. The Kier molecular flexibility index (Phi) is 3.59. The maximum Gasteiger partial charge on any atom is 0.309 e. The molecule has 1 aromatic rings. The summed E-state index contributed by atoms with van der Waals surface area (Å²) in [6, 6.07) is 0. The van der Waals surface area contributed by atoms with Crippen LogP contribution in [-0.2, 0) is 4.79 Å². The molecular weight excluding hydrogens is 246 g/mol. The fourth-order valence-electron chi connectivity index (χ4n) is 2.47. The highest BCUT2D eigenvalue weighted by Gasteiger charge is 2.40. The molecule has 0 aliphatic carbocycles. The molecule has 1 fully saturated rings. The van der Waals surface area contributed by atoms with Crippen molar-refractivity contribution in [2.24, 2.45) is 11.3 Å². The number of amides is 1. The Bertz CT molecular complexity index is 467. The molecule has 0 spiro atoms. The first-order valence-corrected chi connectivity index (χ1v) is 6.44. The van der Waals surface area contributed by atoms with E-state index in [0.717, 1.165) is 12.8 Å². The lowest BCUT2D eigenvalue weighted by Gasteiger charge is -2.39. The van der Waals surface area contributed by atoms with Crippen molar-refractivity contribution in [3.05, 3.63) is 18.2 Å². The maximum absolute atomic E-state index is 12.2. The van der Waals surface area contributed by atoms with Gasteiger partial charge in [0.15, 0.2) is 0 Å². The van der Waals surface area contributed by atoms with Gasteiger partial charge < -0.3 is 15.0 Å². The van der Waals surface area contributed by atoms with Gasteiger partial charge in [-0.25, -0.2) is 4.98 Å². The zero-order valence-electron chi connectivity index (χ0n) is 11.2. The topological polar surface area (TPSA) is 86.3 Å². The molecule has 1 atom stereocenters. The number of piperidine rings is 1. The van der Waals surface area contributed by atoms with E-state index in [1.165, 1.54) is 12.5 Å². The van der Waals surface area contributed by atoms with E-state index in [1.54, 1.807) is 18.7 Å². The average molecular weight is 265 g/mol. The molecule has 1 amide bonds. The van der Waals surface area contributed by atoms with Crippen molar-refractivity contribution < 1.29 is 14.7 Å². The molecule has 2 heterocycles. The molecular formula is C13H19N3O3. The number of nitrogens with zero attached hydrogens (tertiary/aromatic N) is 2. The number of carboxylic acid groups (broad SMARTS) is 1. The van der Waals surface area contributed by atoms with Crippen molar-refractivity contribution in [2.75, 3.05) is 13.1 Å². The Labute approximate surface area is 111 Å². The van der Waals surface area contributed by atoms with Crippen LogP contribution in [0.15, 0.2) is 12.5 Å². The molecule has 0 bridgehead atoms. The first-order chi connectivity index (χ1) is 8.93. The average Bonchev–Trinajstić information content (AvgIpc) is 2.91. The molecule has 2 rings (SSSR count). The molecule has 6 nitrogen and oxygen atoms in total. The highest BCUT2D eigenvalue weighted by Crippen LogP contribution is 2.34. The molecule has 0 radical (unpaired) electrons. The number of carbonyl (C=O) groups excluding carboxylic acids is 1. The minimum Gasteiger partial charge on any atom is -0.481 e. The van der Waals surface area contributed by atoms with Gasteiger partial charge in [-0.3, -0.25) is 9.59 Å². The van der Waals surface area contributed by atoms with E-state index in [9.17, 15) is 14.7 Å². The second kappa shape index (κ2) is 5.03. The normalized spacial score (nSPS) is 20.3. The number of carboxylic acids is 1. The lowest BCUT2D eigenvalue weighted by molar-refractivity contribution is -0.151. The smallest absolute Gasteiger partial charge is 0.309 e. The molecule has 1 saturated heterocycles. The van der Waals surface area contributed by atoms with Gasteiger partial charge in [0.2, 0.25) is 0 Å². The summed E-state index contributed by atoms with van der Waals surface area (Å²) in [6.07, 6.45) is 4.64. The van der Waals surface area contributed by atoms with Gasteiger partial charge in [-0.05, 0) is 32.6 Å². The Balaban J connectivity index is 2.09. The quantitative estimate of drug-likeness (QED) is 0.864. The second-order valence-electron chi connectivity index (χ2n) is 5.58. The van der Waals surface area contributed by atoms with Gasteiger partial charge in [-0.1, -0.05) is 0 Å².